The van der Waals surface area contributed by atoms with Crippen molar-refractivity contribution in [2.24, 2.45) is 0 Å². The predicted octanol–water partition coefficient (Wildman–Crippen LogP) is 2.39. The van der Waals surface area contributed by atoms with E-state index in [1.165, 1.54) is 41.4 Å². The van der Waals surface area contributed by atoms with Gasteiger partial charge in [0.1, 0.15) is 17.5 Å². The maximum Gasteiger partial charge on any atom is 0.264 e. The van der Waals surface area contributed by atoms with Gasteiger partial charge < -0.3 is 19.8 Å². The lowest BCUT2D eigenvalue weighted by atomic mass is 9.91. The van der Waals surface area contributed by atoms with Crippen LogP contribution in [0.3, 0.4) is 0 Å². The van der Waals surface area contributed by atoms with Crippen LogP contribution in [0.25, 0.3) is 16.7 Å². The number of aromatic nitrogens is 4. The molecule has 1 fully saturated rings. The van der Waals surface area contributed by atoms with Crippen LogP contribution in [-0.4, -0.2) is 93.1 Å². The summed E-state index contributed by atoms with van der Waals surface area (Å²) in [6.45, 7) is 2.50. The largest absolute Gasteiger partial charge is 0.388 e. The van der Waals surface area contributed by atoms with Crippen LogP contribution in [-0.2, 0) is 6.54 Å². The van der Waals surface area contributed by atoms with E-state index >= 15 is 0 Å². The van der Waals surface area contributed by atoms with Crippen LogP contribution >= 0.6 is 0 Å². The van der Waals surface area contributed by atoms with Gasteiger partial charge in [0.2, 0.25) is 0 Å². The second-order valence-corrected chi connectivity index (χ2v) is 10.7. The SMILES string of the molecule is CN(C)CCN(C)c1cccc(-n2ncc3c(=O)n(CC4(O)CCN(C(=O)c5ccc(F)cc5)CC4)cnc32)c1. The zero-order valence-corrected chi connectivity index (χ0v) is 23.0. The van der Waals surface area contributed by atoms with Crippen molar-refractivity contribution < 1.29 is 14.3 Å². The zero-order chi connectivity index (χ0) is 28.4. The molecule has 1 N–H and O–H groups in total. The van der Waals surface area contributed by atoms with Gasteiger partial charge in [-0.2, -0.15) is 5.10 Å². The van der Waals surface area contributed by atoms with Crippen molar-refractivity contribution in [2.45, 2.75) is 25.0 Å². The van der Waals surface area contributed by atoms with Gasteiger partial charge in [-0.1, -0.05) is 6.07 Å². The third-order valence-electron chi connectivity index (χ3n) is 7.49. The van der Waals surface area contributed by atoms with Gasteiger partial charge in [0.05, 0.1) is 24.0 Å². The van der Waals surface area contributed by atoms with Crippen molar-refractivity contribution in [3.05, 3.63) is 82.8 Å². The van der Waals surface area contributed by atoms with Crippen LogP contribution in [0.4, 0.5) is 10.1 Å². The van der Waals surface area contributed by atoms with E-state index in [0.29, 0.717) is 42.5 Å². The normalized spacial score (nSPS) is 15.1. The van der Waals surface area contributed by atoms with Crippen molar-refractivity contribution in [1.82, 2.24) is 29.1 Å². The number of anilines is 1. The number of halogens is 1. The van der Waals surface area contributed by atoms with E-state index in [1.807, 2.05) is 45.4 Å². The quantitative estimate of drug-likeness (QED) is 0.362. The first-order valence-electron chi connectivity index (χ1n) is 13.3. The Kier molecular flexibility index (Phi) is 7.68. The molecular weight excluding hydrogens is 513 g/mol. The highest BCUT2D eigenvalue weighted by molar-refractivity contribution is 5.94. The van der Waals surface area contributed by atoms with Crippen molar-refractivity contribution in [3.8, 4) is 5.69 Å². The minimum atomic E-state index is -1.17. The highest BCUT2D eigenvalue weighted by Gasteiger charge is 2.35. The van der Waals surface area contributed by atoms with Gasteiger partial charge in [-0.25, -0.2) is 14.1 Å². The van der Waals surface area contributed by atoms with E-state index < -0.39 is 11.4 Å². The lowest BCUT2D eigenvalue weighted by Gasteiger charge is -2.38. The summed E-state index contributed by atoms with van der Waals surface area (Å²) in [4.78, 5) is 36.6. The number of carbonyl (C=O) groups is 1. The molecule has 1 saturated heterocycles. The van der Waals surface area contributed by atoms with E-state index in [4.69, 9.17) is 0 Å². The van der Waals surface area contributed by atoms with E-state index in [1.54, 1.807) is 9.58 Å². The minimum absolute atomic E-state index is 0.0602. The molecule has 11 heteroatoms. The third kappa shape index (κ3) is 5.75. The molecule has 2 aromatic carbocycles. The summed E-state index contributed by atoms with van der Waals surface area (Å²) in [6.07, 6.45) is 3.57. The summed E-state index contributed by atoms with van der Waals surface area (Å²) in [5, 5.41) is 16.1. The van der Waals surface area contributed by atoms with Gasteiger partial charge in [-0.05, 0) is 69.4 Å². The molecule has 0 spiro atoms. The summed E-state index contributed by atoms with van der Waals surface area (Å²) in [5.41, 5.74) is 1.23. The average molecular weight is 548 g/mol. The molecule has 1 amide bonds. The molecule has 4 aromatic rings. The highest BCUT2D eigenvalue weighted by atomic mass is 19.1. The van der Waals surface area contributed by atoms with Crippen LogP contribution in [0, 0.1) is 5.82 Å². The molecule has 0 unspecified atom stereocenters. The fraction of sp³-hybridized carbons (Fsp3) is 0.379. The number of fused-ring (bicyclic) bond motifs is 1. The molecule has 1 aliphatic rings. The van der Waals surface area contributed by atoms with Gasteiger partial charge in [0.15, 0.2) is 5.65 Å². The van der Waals surface area contributed by atoms with Gasteiger partial charge in [-0.3, -0.25) is 14.2 Å². The van der Waals surface area contributed by atoms with Crippen molar-refractivity contribution in [1.29, 1.82) is 0 Å². The number of aliphatic hydroxyl groups is 1. The van der Waals surface area contributed by atoms with Crippen LogP contribution in [0.1, 0.15) is 23.2 Å². The Bertz CT molecular complexity index is 1560. The van der Waals surface area contributed by atoms with Gasteiger partial charge >= 0.3 is 0 Å². The molecule has 0 atom stereocenters. The maximum absolute atomic E-state index is 13.3. The number of likely N-dealkylation sites (tertiary alicyclic amines) is 1. The topological polar surface area (TPSA) is 99.7 Å². The Morgan fingerprint density at radius 1 is 1.07 bits per heavy atom. The van der Waals surface area contributed by atoms with E-state index in [-0.39, 0.29) is 18.0 Å². The van der Waals surface area contributed by atoms with Crippen LogP contribution in [0.5, 0.6) is 0 Å². The fourth-order valence-electron chi connectivity index (χ4n) is 4.97. The van der Waals surface area contributed by atoms with E-state index in [0.717, 1.165) is 24.5 Å². The first-order valence-corrected chi connectivity index (χ1v) is 13.3. The number of benzene rings is 2. The summed E-state index contributed by atoms with van der Waals surface area (Å²) in [7, 11) is 6.11. The monoisotopic (exact) mass is 547 g/mol. The van der Waals surface area contributed by atoms with E-state index in [2.05, 4.69) is 19.9 Å². The molecule has 0 radical (unpaired) electrons. The van der Waals surface area contributed by atoms with Crippen LogP contribution in [0.15, 0.2) is 65.8 Å². The van der Waals surface area contributed by atoms with Gasteiger partial charge in [-0.15, -0.1) is 0 Å². The predicted molar refractivity (Wildman–Crippen MR) is 151 cm³/mol. The molecule has 40 heavy (non-hydrogen) atoms. The lowest BCUT2D eigenvalue weighted by molar-refractivity contribution is -0.0299. The Hall–Kier alpha value is -4.09. The number of hydrogen-bond donors (Lipinski definition) is 1. The van der Waals surface area contributed by atoms with Crippen molar-refractivity contribution in [3.63, 3.8) is 0 Å². The molecule has 0 bridgehead atoms. The van der Waals surface area contributed by atoms with Crippen LogP contribution in [0.2, 0.25) is 0 Å². The van der Waals surface area contributed by atoms with E-state index in [9.17, 15) is 19.1 Å². The molecule has 5 rings (SSSR count). The molecule has 10 nitrogen and oxygen atoms in total. The van der Waals surface area contributed by atoms with Crippen molar-refractivity contribution in [2.75, 3.05) is 52.2 Å². The zero-order valence-electron chi connectivity index (χ0n) is 23.0. The average Bonchev–Trinajstić information content (AvgIpc) is 3.39. The molecule has 1 aliphatic heterocycles. The second kappa shape index (κ2) is 11.2. The third-order valence-corrected chi connectivity index (χ3v) is 7.49. The number of piperidine rings is 1. The molecule has 210 valence electrons. The second-order valence-electron chi connectivity index (χ2n) is 10.7. The summed E-state index contributed by atoms with van der Waals surface area (Å²) in [5.74, 6) is -0.606. The fourth-order valence-corrected chi connectivity index (χ4v) is 4.97. The standard InChI is InChI=1S/C29H34FN7O3/c1-33(2)15-16-34(3)23-5-4-6-24(17-23)37-26-25(18-32-37)28(39)36(20-31-26)19-29(40)11-13-35(14-12-29)27(38)21-7-9-22(30)10-8-21/h4-10,17-18,20,40H,11-16,19H2,1-3H3. The summed E-state index contributed by atoms with van der Waals surface area (Å²) in [6, 6.07) is 13.3. The molecule has 0 saturated carbocycles. The number of amides is 1. The van der Waals surface area contributed by atoms with Crippen LogP contribution < -0.4 is 10.5 Å². The lowest BCUT2D eigenvalue weighted by Crippen LogP contribution is -2.49. The smallest absolute Gasteiger partial charge is 0.264 e. The highest BCUT2D eigenvalue weighted by Crippen LogP contribution is 2.26. The maximum atomic E-state index is 13.3. The minimum Gasteiger partial charge on any atom is -0.388 e. The first-order chi connectivity index (χ1) is 19.1. The summed E-state index contributed by atoms with van der Waals surface area (Å²) >= 11 is 0. The number of nitrogens with zero attached hydrogens (tertiary/aromatic N) is 7. The van der Waals surface area contributed by atoms with Crippen molar-refractivity contribution >= 4 is 22.6 Å². The number of likely N-dealkylation sites (N-methyl/N-ethyl adjacent to an activating group) is 2. The van der Waals surface area contributed by atoms with Gasteiger partial charge in [0.25, 0.3) is 11.5 Å². The Morgan fingerprint density at radius 3 is 2.50 bits per heavy atom. The summed E-state index contributed by atoms with van der Waals surface area (Å²) < 4.78 is 16.3. The Labute approximate surface area is 231 Å². The number of rotatable bonds is 8. The molecule has 0 aliphatic carbocycles. The van der Waals surface area contributed by atoms with Gasteiger partial charge in [0, 0.05) is 44.5 Å². The molecule has 2 aromatic heterocycles. The molecular formula is C29H34FN7O3. The Balaban J connectivity index is 1.30. The molecule has 3 heterocycles. The number of carbonyl (C=O) groups excluding carboxylic acids is 1. The number of hydrogen-bond acceptors (Lipinski definition) is 7. The Morgan fingerprint density at radius 2 is 1.80 bits per heavy atom. The first kappa shape index (κ1) is 27.5.